The number of likely N-dealkylation sites (tertiary alicyclic amines) is 1. The summed E-state index contributed by atoms with van der Waals surface area (Å²) in [5.74, 6) is 0.129. The minimum absolute atomic E-state index is 0.0207. The summed E-state index contributed by atoms with van der Waals surface area (Å²) >= 11 is 0. The van der Waals surface area contributed by atoms with E-state index >= 15 is 0 Å². The maximum Gasteiger partial charge on any atom is 0.308 e. The van der Waals surface area contributed by atoms with E-state index in [1.807, 2.05) is 0 Å². The molecular weight excluding hydrogens is 214 g/mol. The van der Waals surface area contributed by atoms with E-state index in [0.717, 1.165) is 25.9 Å². The first-order valence-corrected chi connectivity index (χ1v) is 7.08. The number of carbonyl (C=O) groups excluding carboxylic acids is 1. The maximum absolute atomic E-state index is 11.4. The molecule has 1 heterocycles. The Hall–Kier alpha value is -0.570. The highest BCUT2D eigenvalue weighted by molar-refractivity contribution is 5.72. The summed E-state index contributed by atoms with van der Waals surface area (Å²) in [6.07, 6.45) is 8.65. The van der Waals surface area contributed by atoms with Gasteiger partial charge in [-0.1, -0.05) is 32.6 Å². The molecule has 1 aliphatic heterocycles. The predicted octanol–water partition coefficient (Wildman–Crippen LogP) is 2.84. The molecule has 3 heteroatoms. The van der Waals surface area contributed by atoms with Gasteiger partial charge in [-0.3, -0.25) is 4.79 Å². The lowest BCUT2D eigenvalue weighted by Crippen LogP contribution is -2.37. The Labute approximate surface area is 106 Å². The van der Waals surface area contributed by atoms with Gasteiger partial charge in [0.2, 0.25) is 0 Å². The molecule has 0 aromatic heterocycles. The van der Waals surface area contributed by atoms with Crippen LogP contribution >= 0.6 is 0 Å². The fourth-order valence-corrected chi connectivity index (χ4v) is 2.50. The second-order valence-corrected chi connectivity index (χ2v) is 5.05. The van der Waals surface area contributed by atoms with E-state index < -0.39 is 0 Å². The Balaban J connectivity index is 2.05. The van der Waals surface area contributed by atoms with Crippen molar-refractivity contribution in [3.63, 3.8) is 0 Å². The first kappa shape index (κ1) is 14.5. The van der Waals surface area contributed by atoms with Gasteiger partial charge in [0.05, 0.1) is 13.0 Å². The molecular formula is C14H27NO2. The molecule has 0 spiro atoms. The lowest BCUT2D eigenvalue weighted by Gasteiger charge is -2.30. The van der Waals surface area contributed by atoms with Crippen LogP contribution in [0, 0.1) is 5.92 Å². The van der Waals surface area contributed by atoms with E-state index in [1.54, 1.807) is 0 Å². The number of nitrogens with zero attached hydrogens (tertiary/aromatic N) is 1. The summed E-state index contributed by atoms with van der Waals surface area (Å²) in [6.45, 7) is 5.58. The van der Waals surface area contributed by atoms with Gasteiger partial charge in [0, 0.05) is 0 Å². The largest absolute Gasteiger partial charge is 0.469 e. The van der Waals surface area contributed by atoms with Crippen molar-refractivity contribution in [3.8, 4) is 0 Å². The van der Waals surface area contributed by atoms with Crippen molar-refractivity contribution in [2.45, 2.75) is 51.9 Å². The molecule has 0 saturated carbocycles. The van der Waals surface area contributed by atoms with E-state index in [2.05, 4.69) is 11.8 Å². The van der Waals surface area contributed by atoms with E-state index in [0.29, 0.717) is 0 Å². The molecule has 0 aromatic rings. The summed E-state index contributed by atoms with van der Waals surface area (Å²) < 4.78 is 4.79. The topological polar surface area (TPSA) is 29.5 Å². The van der Waals surface area contributed by atoms with Gasteiger partial charge >= 0.3 is 5.97 Å². The summed E-state index contributed by atoms with van der Waals surface area (Å²) in [5.41, 5.74) is 0. The van der Waals surface area contributed by atoms with Gasteiger partial charge in [-0.05, 0) is 38.9 Å². The van der Waals surface area contributed by atoms with Crippen LogP contribution in [-0.4, -0.2) is 37.6 Å². The number of esters is 1. The van der Waals surface area contributed by atoms with Crippen molar-refractivity contribution in [2.75, 3.05) is 26.7 Å². The highest BCUT2D eigenvalue weighted by atomic mass is 16.5. The lowest BCUT2D eigenvalue weighted by molar-refractivity contribution is -0.147. The van der Waals surface area contributed by atoms with Crippen molar-refractivity contribution >= 4 is 5.97 Å². The summed E-state index contributed by atoms with van der Waals surface area (Å²) in [4.78, 5) is 13.9. The van der Waals surface area contributed by atoms with E-state index in [4.69, 9.17) is 4.74 Å². The maximum atomic E-state index is 11.4. The number of hydrogen-bond acceptors (Lipinski definition) is 3. The Morgan fingerprint density at radius 3 is 2.41 bits per heavy atom. The first-order valence-electron chi connectivity index (χ1n) is 7.08. The van der Waals surface area contributed by atoms with Crippen LogP contribution in [0.5, 0.6) is 0 Å². The third-order valence-electron chi connectivity index (χ3n) is 3.70. The fourth-order valence-electron chi connectivity index (χ4n) is 2.50. The van der Waals surface area contributed by atoms with Crippen molar-refractivity contribution in [3.05, 3.63) is 0 Å². The molecule has 0 atom stereocenters. The van der Waals surface area contributed by atoms with Crippen LogP contribution in [0.3, 0.4) is 0 Å². The zero-order valence-electron chi connectivity index (χ0n) is 11.4. The van der Waals surface area contributed by atoms with Crippen LogP contribution in [0.15, 0.2) is 0 Å². The molecule has 1 saturated heterocycles. The molecule has 0 amide bonds. The minimum Gasteiger partial charge on any atom is -0.469 e. The van der Waals surface area contributed by atoms with Crippen molar-refractivity contribution in [1.82, 2.24) is 4.90 Å². The molecule has 0 unspecified atom stereocenters. The number of hydrogen-bond donors (Lipinski definition) is 0. The van der Waals surface area contributed by atoms with Gasteiger partial charge in [-0.15, -0.1) is 0 Å². The fraction of sp³-hybridized carbons (Fsp3) is 0.929. The second kappa shape index (κ2) is 8.51. The molecule has 1 rings (SSSR count). The molecule has 17 heavy (non-hydrogen) atoms. The summed E-state index contributed by atoms with van der Waals surface area (Å²) in [6, 6.07) is 0. The third kappa shape index (κ3) is 5.53. The Morgan fingerprint density at radius 1 is 1.18 bits per heavy atom. The third-order valence-corrected chi connectivity index (χ3v) is 3.70. The average molecular weight is 241 g/mol. The molecule has 0 aliphatic carbocycles. The normalized spacial score (nSPS) is 18.2. The van der Waals surface area contributed by atoms with Crippen LogP contribution in [0.2, 0.25) is 0 Å². The van der Waals surface area contributed by atoms with Gasteiger partial charge in [-0.2, -0.15) is 0 Å². The molecule has 100 valence electrons. The highest BCUT2D eigenvalue weighted by Gasteiger charge is 2.24. The van der Waals surface area contributed by atoms with Crippen LogP contribution in [0.4, 0.5) is 0 Å². The molecule has 0 bridgehead atoms. The number of carbonyl (C=O) groups is 1. The van der Waals surface area contributed by atoms with Gasteiger partial charge < -0.3 is 9.64 Å². The molecule has 0 aromatic carbocycles. The van der Waals surface area contributed by atoms with Crippen molar-refractivity contribution in [2.24, 2.45) is 5.92 Å². The average Bonchev–Trinajstić information content (AvgIpc) is 2.38. The van der Waals surface area contributed by atoms with Crippen molar-refractivity contribution < 1.29 is 9.53 Å². The quantitative estimate of drug-likeness (QED) is 0.507. The molecule has 3 nitrogen and oxygen atoms in total. The SMILES string of the molecule is CCCCCCCN1CCC(C(=O)OC)CC1. The highest BCUT2D eigenvalue weighted by Crippen LogP contribution is 2.18. The Kier molecular flexibility index (Phi) is 7.25. The Morgan fingerprint density at radius 2 is 1.82 bits per heavy atom. The van der Waals surface area contributed by atoms with Gasteiger partial charge in [-0.25, -0.2) is 0 Å². The standard InChI is InChI=1S/C14H27NO2/c1-3-4-5-6-7-10-15-11-8-13(9-12-15)14(16)17-2/h13H,3-12H2,1-2H3. The number of methoxy groups -OCH3 is 1. The van der Waals surface area contributed by atoms with E-state index in [1.165, 1.54) is 45.8 Å². The second-order valence-electron chi connectivity index (χ2n) is 5.05. The molecule has 0 N–H and O–H groups in total. The number of ether oxygens (including phenoxy) is 1. The van der Waals surface area contributed by atoms with Crippen LogP contribution < -0.4 is 0 Å². The van der Waals surface area contributed by atoms with E-state index in [9.17, 15) is 4.79 Å². The smallest absolute Gasteiger partial charge is 0.308 e. The Bertz CT molecular complexity index is 210. The minimum atomic E-state index is -0.0207. The first-order chi connectivity index (χ1) is 8.27. The van der Waals surface area contributed by atoms with Crippen LogP contribution in [0.25, 0.3) is 0 Å². The molecule has 1 aliphatic rings. The zero-order valence-corrected chi connectivity index (χ0v) is 11.4. The van der Waals surface area contributed by atoms with Gasteiger partial charge in [0.1, 0.15) is 0 Å². The monoisotopic (exact) mass is 241 g/mol. The van der Waals surface area contributed by atoms with Gasteiger partial charge in [0.25, 0.3) is 0 Å². The molecule has 1 fully saturated rings. The summed E-state index contributed by atoms with van der Waals surface area (Å²) in [7, 11) is 1.49. The number of piperidine rings is 1. The van der Waals surface area contributed by atoms with Crippen LogP contribution in [0.1, 0.15) is 51.9 Å². The number of rotatable bonds is 7. The van der Waals surface area contributed by atoms with Gasteiger partial charge in [0.15, 0.2) is 0 Å². The predicted molar refractivity (Wildman–Crippen MR) is 69.9 cm³/mol. The van der Waals surface area contributed by atoms with Crippen LogP contribution in [-0.2, 0) is 9.53 Å². The molecule has 0 radical (unpaired) electrons. The van der Waals surface area contributed by atoms with E-state index in [-0.39, 0.29) is 11.9 Å². The lowest BCUT2D eigenvalue weighted by atomic mass is 9.97. The van der Waals surface area contributed by atoms with Crippen molar-refractivity contribution in [1.29, 1.82) is 0 Å². The summed E-state index contributed by atoms with van der Waals surface area (Å²) in [5, 5.41) is 0. The number of unbranched alkanes of at least 4 members (excludes halogenated alkanes) is 4. The zero-order chi connectivity index (χ0) is 12.5.